The van der Waals surface area contributed by atoms with Crippen LogP contribution in [0.5, 0.6) is 0 Å². The Morgan fingerprint density at radius 1 is 1.39 bits per heavy atom. The summed E-state index contributed by atoms with van der Waals surface area (Å²) >= 11 is 0. The van der Waals surface area contributed by atoms with E-state index in [1.807, 2.05) is 6.07 Å². The third-order valence-electron chi connectivity index (χ3n) is 4.19. The third kappa shape index (κ3) is 2.91. The van der Waals surface area contributed by atoms with Crippen molar-refractivity contribution in [3.63, 3.8) is 0 Å². The van der Waals surface area contributed by atoms with E-state index in [0.29, 0.717) is 42.4 Å². The predicted octanol–water partition coefficient (Wildman–Crippen LogP) is 2.87. The summed E-state index contributed by atoms with van der Waals surface area (Å²) in [4.78, 5) is 18.6. The highest BCUT2D eigenvalue weighted by molar-refractivity contribution is 6.01. The summed E-state index contributed by atoms with van der Waals surface area (Å²) in [7, 11) is 1.36. The van der Waals surface area contributed by atoms with Gasteiger partial charge in [-0.3, -0.25) is 0 Å². The number of carbonyl (C=O) groups is 1. The van der Waals surface area contributed by atoms with Crippen LogP contribution in [0.4, 0.5) is 6.01 Å². The molecule has 23 heavy (non-hydrogen) atoms. The fraction of sp³-hybridized carbons (Fsp3) is 0.529. The van der Waals surface area contributed by atoms with Crippen LogP contribution < -0.4 is 4.90 Å². The molecule has 6 nitrogen and oxygen atoms in total. The highest BCUT2D eigenvalue weighted by Gasteiger charge is 2.35. The van der Waals surface area contributed by atoms with Crippen molar-refractivity contribution in [2.45, 2.75) is 26.8 Å². The van der Waals surface area contributed by atoms with Crippen molar-refractivity contribution in [2.24, 2.45) is 5.41 Å². The number of hydrogen-bond donors (Lipinski definition) is 0. The SMILES string of the molecule is COC(=O)c1cccc2oc(N3CCOC[C@@H]3C(C)(C)C)nc12. The first-order chi connectivity index (χ1) is 10.9. The highest BCUT2D eigenvalue weighted by atomic mass is 16.5. The molecule has 0 unspecified atom stereocenters. The van der Waals surface area contributed by atoms with E-state index in [9.17, 15) is 4.79 Å². The number of morpholine rings is 1. The second-order valence-corrected chi connectivity index (χ2v) is 6.79. The van der Waals surface area contributed by atoms with E-state index >= 15 is 0 Å². The molecule has 0 N–H and O–H groups in total. The van der Waals surface area contributed by atoms with Gasteiger partial charge >= 0.3 is 5.97 Å². The van der Waals surface area contributed by atoms with Gasteiger partial charge in [-0.1, -0.05) is 26.8 Å². The second kappa shape index (κ2) is 5.85. The van der Waals surface area contributed by atoms with Crippen LogP contribution in [0, 0.1) is 5.41 Å². The van der Waals surface area contributed by atoms with E-state index in [1.165, 1.54) is 7.11 Å². The topological polar surface area (TPSA) is 64.8 Å². The Hall–Kier alpha value is -2.08. The summed E-state index contributed by atoms with van der Waals surface area (Å²) in [5.74, 6) is -0.412. The quantitative estimate of drug-likeness (QED) is 0.793. The average Bonchev–Trinajstić information content (AvgIpc) is 2.97. The van der Waals surface area contributed by atoms with Crippen LogP contribution in [-0.2, 0) is 9.47 Å². The molecule has 1 fully saturated rings. The van der Waals surface area contributed by atoms with Crippen LogP contribution in [0.15, 0.2) is 22.6 Å². The maximum Gasteiger partial charge on any atom is 0.340 e. The van der Waals surface area contributed by atoms with Crippen molar-refractivity contribution in [1.82, 2.24) is 4.98 Å². The molecule has 1 aromatic heterocycles. The molecule has 2 aromatic rings. The number of esters is 1. The van der Waals surface area contributed by atoms with E-state index in [0.717, 1.165) is 0 Å². The molecule has 2 heterocycles. The molecule has 0 bridgehead atoms. The molecule has 1 aliphatic heterocycles. The van der Waals surface area contributed by atoms with Crippen LogP contribution in [0.2, 0.25) is 0 Å². The summed E-state index contributed by atoms with van der Waals surface area (Å²) in [5, 5.41) is 0. The van der Waals surface area contributed by atoms with Gasteiger partial charge < -0.3 is 18.8 Å². The number of nitrogens with zero attached hydrogens (tertiary/aromatic N) is 2. The fourth-order valence-corrected chi connectivity index (χ4v) is 2.88. The molecule has 0 saturated carbocycles. The zero-order valence-corrected chi connectivity index (χ0v) is 14.0. The van der Waals surface area contributed by atoms with Crippen molar-refractivity contribution in [2.75, 3.05) is 31.8 Å². The van der Waals surface area contributed by atoms with E-state index < -0.39 is 5.97 Å². The summed E-state index contributed by atoms with van der Waals surface area (Å²) in [6, 6.07) is 5.96. The van der Waals surface area contributed by atoms with Gasteiger partial charge in [-0.05, 0) is 17.5 Å². The maximum absolute atomic E-state index is 11.9. The molecule has 1 atom stereocenters. The van der Waals surface area contributed by atoms with Gasteiger partial charge in [0.05, 0.1) is 31.9 Å². The lowest BCUT2D eigenvalue weighted by Crippen LogP contribution is -2.52. The van der Waals surface area contributed by atoms with E-state index in [-0.39, 0.29) is 11.5 Å². The Labute approximate surface area is 135 Å². The standard InChI is InChI=1S/C17H22N2O4/c1-17(2,3)13-10-22-9-8-19(13)16-18-14-11(15(20)21-4)6-5-7-12(14)23-16/h5-7,13H,8-10H2,1-4H3/t13-/m1/s1. The molecule has 0 amide bonds. The minimum absolute atomic E-state index is 0.0201. The number of ether oxygens (including phenoxy) is 2. The van der Waals surface area contributed by atoms with Crippen molar-refractivity contribution >= 4 is 23.1 Å². The Bertz CT molecular complexity index is 717. The number of para-hydroxylation sites is 1. The minimum atomic E-state index is -0.412. The third-order valence-corrected chi connectivity index (χ3v) is 4.19. The van der Waals surface area contributed by atoms with Crippen molar-refractivity contribution in [1.29, 1.82) is 0 Å². The molecule has 6 heteroatoms. The van der Waals surface area contributed by atoms with Crippen LogP contribution in [0.1, 0.15) is 31.1 Å². The van der Waals surface area contributed by atoms with Crippen LogP contribution >= 0.6 is 0 Å². The van der Waals surface area contributed by atoms with E-state index in [2.05, 4.69) is 30.7 Å². The number of aromatic nitrogens is 1. The molecule has 1 saturated heterocycles. The van der Waals surface area contributed by atoms with Gasteiger partial charge in [0.15, 0.2) is 5.58 Å². The number of methoxy groups -OCH3 is 1. The van der Waals surface area contributed by atoms with Gasteiger partial charge in [-0.2, -0.15) is 4.98 Å². The first kappa shape index (κ1) is 15.8. The second-order valence-electron chi connectivity index (χ2n) is 6.79. The number of benzene rings is 1. The molecule has 0 aliphatic carbocycles. The van der Waals surface area contributed by atoms with Crippen LogP contribution in [0.3, 0.4) is 0 Å². The zero-order chi connectivity index (χ0) is 16.6. The Kier molecular flexibility index (Phi) is 4.02. The predicted molar refractivity (Wildman–Crippen MR) is 86.8 cm³/mol. The molecule has 1 aliphatic rings. The smallest absolute Gasteiger partial charge is 0.340 e. The van der Waals surface area contributed by atoms with Crippen molar-refractivity contribution in [3.8, 4) is 0 Å². The normalized spacial score (nSPS) is 19.1. The molecule has 0 radical (unpaired) electrons. The fourth-order valence-electron chi connectivity index (χ4n) is 2.88. The van der Waals surface area contributed by atoms with Crippen LogP contribution in [0.25, 0.3) is 11.1 Å². The highest BCUT2D eigenvalue weighted by Crippen LogP contribution is 2.33. The number of fused-ring (bicyclic) bond motifs is 1. The largest absolute Gasteiger partial charge is 0.465 e. The Morgan fingerprint density at radius 2 is 2.17 bits per heavy atom. The summed E-state index contributed by atoms with van der Waals surface area (Å²) < 4.78 is 16.4. The first-order valence-electron chi connectivity index (χ1n) is 7.74. The molecule has 124 valence electrons. The van der Waals surface area contributed by atoms with Crippen molar-refractivity contribution < 1.29 is 18.7 Å². The van der Waals surface area contributed by atoms with Crippen LogP contribution in [-0.4, -0.2) is 43.9 Å². The maximum atomic E-state index is 11.9. The molecule has 0 spiro atoms. The summed E-state index contributed by atoms with van der Waals surface area (Å²) in [6.07, 6.45) is 0. The van der Waals surface area contributed by atoms with Gasteiger partial charge in [0.25, 0.3) is 6.01 Å². The Balaban J connectivity index is 2.04. The molecule has 1 aromatic carbocycles. The summed E-state index contributed by atoms with van der Waals surface area (Å²) in [5.41, 5.74) is 1.56. The Morgan fingerprint density at radius 3 is 2.87 bits per heavy atom. The lowest BCUT2D eigenvalue weighted by molar-refractivity contribution is 0.0560. The van der Waals surface area contributed by atoms with Crippen molar-refractivity contribution in [3.05, 3.63) is 23.8 Å². The molecule has 3 rings (SSSR count). The monoisotopic (exact) mass is 318 g/mol. The number of rotatable bonds is 2. The van der Waals surface area contributed by atoms with E-state index in [1.54, 1.807) is 12.1 Å². The first-order valence-corrected chi connectivity index (χ1v) is 7.74. The van der Waals surface area contributed by atoms with E-state index in [4.69, 9.17) is 13.9 Å². The van der Waals surface area contributed by atoms with Gasteiger partial charge in [-0.25, -0.2) is 4.79 Å². The van der Waals surface area contributed by atoms with Gasteiger partial charge in [0, 0.05) is 6.54 Å². The number of hydrogen-bond acceptors (Lipinski definition) is 6. The lowest BCUT2D eigenvalue weighted by Gasteiger charge is -2.42. The number of anilines is 1. The molecular formula is C17H22N2O4. The summed E-state index contributed by atoms with van der Waals surface area (Å²) in [6.45, 7) is 8.48. The van der Waals surface area contributed by atoms with Gasteiger partial charge in [0.2, 0.25) is 0 Å². The van der Waals surface area contributed by atoms with Gasteiger partial charge in [-0.15, -0.1) is 0 Å². The molecular weight excluding hydrogens is 296 g/mol. The number of oxazole rings is 1. The number of carbonyl (C=O) groups excluding carboxylic acids is 1. The average molecular weight is 318 g/mol. The lowest BCUT2D eigenvalue weighted by atomic mass is 9.85. The zero-order valence-electron chi connectivity index (χ0n) is 14.0. The van der Waals surface area contributed by atoms with Gasteiger partial charge in [0.1, 0.15) is 5.52 Å². The minimum Gasteiger partial charge on any atom is -0.465 e.